The van der Waals surface area contributed by atoms with Crippen molar-refractivity contribution in [3.8, 4) is 0 Å². The highest BCUT2D eigenvalue weighted by atomic mass is 32.1. The molecule has 3 N–H and O–H groups in total. The third-order valence-electron chi connectivity index (χ3n) is 3.00. The molecule has 0 saturated heterocycles. The van der Waals surface area contributed by atoms with Gasteiger partial charge in [0.05, 0.1) is 11.7 Å². The molecule has 2 rings (SSSR count). The van der Waals surface area contributed by atoms with Crippen LogP contribution in [0.25, 0.3) is 0 Å². The van der Waals surface area contributed by atoms with Crippen molar-refractivity contribution < 1.29 is 14.0 Å². The Balaban J connectivity index is 2.06. The number of halogens is 1. The Bertz CT molecular complexity index is 691. The van der Waals surface area contributed by atoms with Crippen molar-refractivity contribution in [3.05, 3.63) is 40.6 Å². The molecule has 3 amide bonds. The van der Waals surface area contributed by atoms with E-state index in [1.165, 1.54) is 36.5 Å². The second-order valence-electron chi connectivity index (χ2n) is 4.81. The molecule has 1 aromatic carbocycles. The number of aromatic nitrogens is 1. The lowest BCUT2D eigenvalue weighted by molar-refractivity contribution is -0.114. The van der Waals surface area contributed by atoms with Crippen LogP contribution in [0.2, 0.25) is 0 Å². The molecule has 1 atom stereocenters. The van der Waals surface area contributed by atoms with E-state index in [0.29, 0.717) is 12.1 Å². The van der Waals surface area contributed by atoms with E-state index in [4.69, 9.17) is 0 Å². The van der Waals surface area contributed by atoms with Gasteiger partial charge in [0.25, 0.3) is 0 Å². The van der Waals surface area contributed by atoms with Crippen LogP contribution in [0.3, 0.4) is 0 Å². The maximum absolute atomic E-state index is 13.8. The van der Waals surface area contributed by atoms with E-state index in [2.05, 4.69) is 20.9 Å². The smallest absolute Gasteiger partial charge is 0.319 e. The molecule has 1 aromatic heterocycles. The van der Waals surface area contributed by atoms with E-state index in [9.17, 15) is 14.0 Å². The van der Waals surface area contributed by atoms with E-state index < -0.39 is 11.8 Å². The van der Waals surface area contributed by atoms with Gasteiger partial charge in [0.1, 0.15) is 10.8 Å². The fourth-order valence-electron chi connectivity index (χ4n) is 1.96. The summed E-state index contributed by atoms with van der Waals surface area (Å²) < 4.78 is 13.8. The summed E-state index contributed by atoms with van der Waals surface area (Å²) in [5, 5.41) is 10.3. The average Bonchev–Trinajstić information content (AvgIpc) is 3.02. The van der Waals surface area contributed by atoms with Gasteiger partial charge >= 0.3 is 6.03 Å². The van der Waals surface area contributed by atoms with Crippen molar-refractivity contribution in [2.45, 2.75) is 26.3 Å². The van der Waals surface area contributed by atoms with Crippen LogP contribution in [-0.2, 0) is 4.79 Å². The third kappa shape index (κ3) is 4.75. The van der Waals surface area contributed by atoms with Crippen LogP contribution in [0, 0.1) is 5.82 Å². The fraction of sp³-hybridized carbons (Fsp3) is 0.267. The lowest BCUT2D eigenvalue weighted by Crippen LogP contribution is -2.32. The Morgan fingerprint density at radius 3 is 2.74 bits per heavy atom. The number of thiazole rings is 1. The van der Waals surface area contributed by atoms with Crippen molar-refractivity contribution in [1.82, 2.24) is 10.3 Å². The standard InChI is InChI=1S/C15H17FN4O2S/c1-3-12(14-17-6-7-23-14)19-15(22)20-13-8-10(18-9(2)21)4-5-11(13)16/h4-8,12H,3H2,1-2H3,(H,18,21)(H2,19,20,22)/t12-/m0/s1. The minimum atomic E-state index is -0.587. The lowest BCUT2D eigenvalue weighted by atomic mass is 10.2. The van der Waals surface area contributed by atoms with Crippen molar-refractivity contribution in [1.29, 1.82) is 0 Å². The van der Waals surface area contributed by atoms with Gasteiger partial charge in [-0.05, 0) is 24.6 Å². The number of urea groups is 1. The van der Waals surface area contributed by atoms with E-state index in [-0.39, 0.29) is 17.6 Å². The predicted octanol–water partition coefficient (Wildman–Crippen LogP) is 3.51. The number of nitrogens with one attached hydrogen (secondary N) is 3. The number of amides is 3. The van der Waals surface area contributed by atoms with Crippen LogP contribution in [0.1, 0.15) is 31.3 Å². The molecule has 0 aliphatic carbocycles. The van der Waals surface area contributed by atoms with Gasteiger partial charge in [-0.3, -0.25) is 4.79 Å². The van der Waals surface area contributed by atoms with E-state index in [0.717, 1.165) is 5.01 Å². The summed E-state index contributed by atoms with van der Waals surface area (Å²) in [6.45, 7) is 3.27. The summed E-state index contributed by atoms with van der Waals surface area (Å²) in [7, 11) is 0. The van der Waals surface area contributed by atoms with E-state index in [1.54, 1.807) is 6.20 Å². The van der Waals surface area contributed by atoms with Gasteiger partial charge in [0.15, 0.2) is 0 Å². The van der Waals surface area contributed by atoms with Gasteiger partial charge in [-0.1, -0.05) is 6.92 Å². The Morgan fingerprint density at radius 2 is 2.13 bits per heavy atom. The molecule has 0 radical (unpaired) electrons. The minimum Gasteiger partial charge on any atom is -0.329 e. The van der Waals surface area contributed by atoms with Crippen LogP contribution in [0.4, 0.5) is 20.6 Å². The zero-order chi connectivity index (χ0) is 16.8. The molecule has 0 spiro atoms. The Labute approximate surface area is 137 Å². The van der Waals surface area contributed by atoms with Crippen molar-refractivity contribution >= 4 is 34.6 Å². The summed E-state index contributed by atoms with van der Waals surface area (Å²) >= 11 is 1.44. The molecule has 1 heterocycles. The van der Waals surface area contributed by atoms with E-state index in [1.807, 2.05) is 12.3 Å². The van der Waals surface area contributed by atoms with Gasteiger partial charge in [0, 0.05) is 24.2 Å². The Kier molecular flexibility index (Phi) is 5.64. The first kappa shape index (κ1) is 16.9. The maximum Gasteiger partial charge on any atom is 0.319 e. The zero-order valence-corrected chi connectivity index (χ0v) is 13.5. The summed E-state index contributed by atoms with van der Waals surface area (Å²) in [5.74, 6) is -0.863. The molecule has 122 valence electrons. The number of benzene rings is 1. The lowest BCUT2D eigenvalue weighted by Gasteiger charge is -2.16. The largest absolute Gasteiger partial charge is 0.329 e. The number of nitrogens with zero attached hydrogens (tertiary/aromatic N) is 1. The van der Waals surface area contributed by atoms with Gasteiger partial charge in [0.2, 0.25) is 5.91 Å². The van der Waals surface area contributed by atoms with Crippen LogP contribution in [0.15, 0.2) is 29.8 Å². The van der Waals surface area contributed by atoms with Gasteiger partial charge in [-0.2, -0.15) is 0 Å². The molecular weight excluding hydrogens is 319 g/mol. The molecule has 0 saturated carbocycles. The first-order valence-corrected chi connectivity index (χ1v) is 7.91. The first-order chi connectivity index (χ1) is 11.0. The van der Waals surface area contributed by atoms with Crippen molar-refractivity contribution in [2.24, 2.45) is 0 Å². The minimum absolute atomic E-state index is 0.0114. The molecular formula is C15H17FN4O2S. The van der Waals surface area contributed by atoms with Gasteiger partial charge in [-0.25, -0.2) is 14.2 Å². The molecule has 8 heteroatoms. The van der Waals surface area contributed by atoms with E-state index >= 15 is 0 Å². The highest BCUT2D eigenvalue weighted by Gasteiger charge is 2.16. The highest BCUT2D eigenvalue weighted by Crippen LogP contribution is 2.21. The van der Waals surface area contributed by atoms with Crippen LogP contribution < -0.4 is 16.0 Å². The molecule has 0 unspecified atom stereocenters. The molecule has 0 bridgehead atoms. The molecule has 0 aliphatic rings. The quantitative estimate of drug-likeness (QED) is 0.781. The Morgan fingerprint density at radius 1 is 1.35 bits per heavy atom. The summed E-state index contributed by atoms with van der Waals surface area (Å²) in [6.07, 6.45) is 2.33. The topological polar surface area (TPSA) is 83.1 Å². The summed E-state index contributed by atoms with van der Waals surface area (Å²) in [4.78, 5) is 27.3. The van der Waals surface area contributed by atoms with Crippen LogP contribution in [0.5, 0.6) is 0 Å². The molecule has 2 aromatic rings. The normalized spacial score (nSPS) is 11.6. The number of rotatable bonds is 5. The van der Waals surface area contributed by atoms with Crippen LogP contribution >= 0.6 is 11.3 Å². The summed E-state index contributed by atoms with van der Waals surface area (Å²) in [5.41, 5.74) is 0.393. The van der Waals surface area contributed by atoms with Crippen molar-refractivity contribution in [2.75, 3.05) is 10.6 Å². The number of carbonyl (C=O) groups excluding carboxylic acids is 2. The SMILES string of the molecule is CC[C@H](NC(=O)Nc1cc(NC(C)=O)ccc1F)c1nccs1. The van der Waals surface area contributed by atoms with Crippen molar-refractivity contribution in [3.63, 3.8) is 0 Å². The van der Waals surface area contributed by atoms with Gasteiger partial charge in [-0.15, -0.1) is 11.3 Å². The third-order valence-corrected chi connectivity index (χ3v) is 3.89. The number of hydrogen-bond acceptors (Lipinski definition) is 4. The monoisotopic (exact) mass is 336 g/mol. The first-order valence-electron chi connectivity index (χ1n) is 7.03. The second-order valence-corrected chi connectivity index (χ2v) is 5.73. The fourth-order valence-corrected chi connectivity index (χ4v) is 2.74. The summed E-state index contributed by atoms with van der Waals surface area (Å²) in [6, 6.07) is 3.19. The predicted molar refractivity (Wildman–Crippen MR) is 88.0 cm³/mol. The second kappa shape index (κ2) is 7.68. The number of anilines is 2. The average molecular weight is 336 g/mol. The van der Waals surface area contributed by atoms with Gasteiger partial charge < -0.3 is 16.0 Å². The maximum atomic E-state index is 13.8. The molecule has 0 aliphatic heterocycles. The number of hydrogen-bond donors (Lipinski definition) is 3. The Hall–Kier alpha value is -2.48. The highest BCUT2D eigenvalue weighted by molar-refractivity contribution is 7.09. The molecule has 23 heavy (non-hydrogen) atoms. The zero-order valence-electron chi connectivity index (χ0n) is 12.7. The molecule has 6 nitrogen and oxygen atoms in total. The number of carbonyl (C=O) groups is 2. The van der Waals surface area contributed by atoms with Crippen LogP contribution in [-0.4, -0.2) is 16.9 Å². The molecule has 0 fully saturated rings.